The molecule has 3 nitrogen and oxygen atoms in total. The average Bonchev–Trinajstić information content (AvgIpc) is 3.25. The van der Waals surface area contributed by atoms with Gasteiger partial charge in [-0.05, 0) is 99.8 Å². The molecule has 0 bridgehead atoms. The molecule has 8 aromatic carbocycles. The van der Waals surface area contributed by atoms with Crippen LogP contribution in [-0.2, 0) is 10.8 Å². The molecule has 3 heteroatoms. The van der Waals surface area contributed by atoms with Crippen LogP contribution in [-0.4, -0.2) is 0 Å². The summed E-state index contributed by atoms with van der Waals surface area (Å²) in [5.74, 6) is 0. The van der Waals surface area contributed by atoms with E-state index >= 15 is 0 Å². The van der Waals surface area contributed by atoms with E-state index in [1.165, 1.54) is 22.3 Å². The van der Waals surface area contributed by atoms with E-state index in [4.69, 9.17) is 0 Å². The van der Waals surface area contributed by atoms with Crippen LogP contribution in [0.3, 0.4) is 0 Å². The zero-order valence-electron chi connectivity index (χ0n) is 35.0. The maximum atomic E-state index is 3.78. The lowest BCUT2D eigenvalue weighted by Gasteiger charge is -2.32. The quantitative estimate of drug-likeness (QED) is 0.150. The van der Waals surface area contributed by atoms with Crippen molar-refractivity contribution in [3.8, 4) is 22.3 Å². The van der Waals surface area contributed by atoms with Crippen molar-refractivity contribution in [2.75, 3.05) is 15.1 Å². The Kier molecular flexibility index (Phi) is 10.9. The lowest BCUT2D eigenvalue weighted by molar-refractivity contribution is 0.590. The Balaban J connectivity index is 1.36. The molecule has 0 saturated heterocycles. The third kappa shape index (κ3) is 8.71. The molecule has 0 fully saturated rings. The number of benzene rings is 8. The highest BCUT2D eigenvalue weighted by atomic mass is 15.2. The molecule has 59 heavy (non-hydrogen) atoms. The highest BCUT2D eigenvalue weighted by Gasteiger charge is 2.23. The van der Waals surface area contributed by atoms with E-state index < -0.39 is 0 Å². The van der Waals surface area contributed by atoms with E-state index in [9.17, 15) is 0 Å². The summed E-state index contributed by atoms with van der Waals surface area (Å²) in [5, 5.41) is 3.78. The second-order valence-corrected chi connectivity index (χ2v) is 17.3. The summed E-state index contributed by atoms with van der Waals surface area (Å²) in [4.78, 5) is 4.79. The van der Waals surface area contributed by atoms with Gasteiger partial charge in [-0.3, -0.25) is 0 Å². The molecular weight excluding hydrogens is 715 g/mol. The van der Waals surface area contributed by atoms with Gasteiger partial charge in [-0.15, -0.1) is 0 Å². The van der Waals surface area contributed by atoms with Crippen LogP contribution in [0.25, 0.3) is 22.3 Å². The fourth-order valence-corrected chi connectivity index (χ4v) is 7.75. The lowest BCUT2D eigenvalue weighted by atomic mass is 9.86. The average molecular weight is 768 g/mol. The van der Waals surface area contributed by atoms with Gasteiger partial charge in [0.15, 0.2) is 0 Å². The summed E-state index contributed by atoms with van der Waals surface area (Å²) in [7, 11) is 0. The number of nitrogens with one attached hydrogen (secondary N) is 1. The first-order valence-electron chi connectivity index (χ1n) is 20.6. The summed E-state index contributed by atoms with van der Waals surface area (Å²) in [6.07, 6.45) is 0. The topological polar surface area (TPSA) is 18.5 Å². The fourth-order valence-electron chi connectivity index (χ4n) is 7.75. The van der Waals surface area contributed by atoms with Gasteiger partial charge in [-0.1, -0.05) is 181 Å². The van der Waals surface area contributed by atoms with Gasteiger partial charge in [0.1, 0.15) is 0 Å². The van der Waals surface area contributed by atoms with Crippen molar-refractivity contribution < 1.29 is 0 Å². The molecule has 1 N–H and O–H groups in total. The van der Waals surface area contributed by atoms with Crippen LogP contribution in [0.5, 0.6) is 0 Å². The SMILES string of the molecule is CC(C)(C)c1ccc(-c2ccccc2N(c2ccccc2)c2cc(Nc3ccccc3)cc(N(c3ccccc3)c3ccccc3-c3ccc(C(C)(C)C)cc3)c2)cc1. The van der Waals surface area contributed by atoms with Crippen LogP contribution in [0.1, 0.15) is 52.7 Å². The maximum Gasteiger partial charge on any atom is 0.0540 e. The van der Waals surface area contributed by atoms with E-state index in [1.807, 2.05) is 0 Å². The van der Waals surface area contributed by atoms with Gasteiger partial charge in [0.05, 0.1) is 22.7 Å². The van der Waals surface area contributed by atoms with Crippen LogP contribution in [0.4, 0.5) is 45.5 Å². The Morgan fingerprint density at radius 3 is 1.07 bits per heavy atom. The number of hydrogen-bond acceptors (Lipinski definition) is 3. The molecule has 0 amide bonds. The first-order valence-corrected chi connectivity index (χ1v) is 20.6. The highest BCUT2D eigenvalue weighted by Crippen LogP contribution is 2.47. The molecule has 0 heterocycles. The van der Waals surface area contributed by atoms with Crippen molar-refractivity contribution in [3.63, 3.8) is 0 Å². The summed E-state index contributed by atoms with van der Waals surface area (Å²) in [5.41, 5.74) is 15.8. The number of anilines is 8. The normalized spacial score (nSPS) is 11.6. The van der Waals surface area contributed by atoms with E-state index in [0.29, 0.717) is 0 Å². The van der Waals surface area contributed by atoms with Crippen molar-refractivity contribution in [3.05, 3.63) is 217 Å². The first kappa shape index (κ1) is 39.0. The smallest absolute Gasteiger partial charge is 0.0540 e. The molecule has 8 aromatic rings. The predicted molar refractivity (Wildman–Crippen MR) is 254 cm³/mol. The van der Waals surface area contributed by atoms with Crippen LogP contribution < -0.4 is 15.1 Å². The zero-order valence-corrected chi connectivity index (χ0v) is 35.0. The van der Waals surface area contributed by atoms with Gasteiger partial charge in [0.25, 0.3) is 0 Å². The Bertz CT molecular complexity index is 2460. The van der Waals surface area contributed by atoms with Crippen LogP contribution >= 0.6 is 0 Å². The molecule has 0 radical (unpaired) electrons. The molecule has 0 spiro atoms. The minimum Gasteiger partial charge on any atom is -0.355 e. The summed E-state index contributed by atoms with van der Waals surface area (Å²) >= 11 is 0. The van der Waals surface area contributed by atoms with Gasteiger partial charge in [-0.2, -0.15) is 0 Å². The lowest BCUT2D eigenvalue weighted by Crippen LogP contribution is -2.15. The second-order valence-electron chi connectivity index (χ2n) is 17.3. The molecule has 0 unspecified atom stereocenters. The largest absolute Gasteiger partial charge is 0.355 e. The van der Waals surface area contributed by atoms with Crippen molar-refractivity contribution in [2.45, 2.75) is 52.4 Å². The van der Waals surface area contributed by atoms with Crippen LogP contribution in [0.2, 0.25) is 0 Å². The maximum absolute atomic E-state index is 3.78. The van der Waals surface area contributed by atoms with Crippen LogP contribution in [0, 0.1) is 0 Å². The molecule has 0 aromatic heterocycles. The monoisotopic (exact) mass is 767 g/mol. The fraction of sp³-hybridized carbons (Fsp3) is 0.143. The number of para-hydroxylation sites is 5. The number of rotatable bonds is 10. The summed E-state index contributed by atoms with van der Waals surface area (Å²) < 4.78 is 0. The summed E-state index contributed by atoms with van der Waals surface area (Å²) in [6, 6.07) is 74.4. The van der Waals surface area contributed by atoms with E-state index in [2.05, 4.69) is 263 Å². The number of nitrogens with zero attached hydrogens (tertiary/aromatic N) is 2. The predicted octanol–water partition coefficient (Wildman–Crippen LogP) is 16.3. The molecule has 292 valence electrons. The Labute approximate surface area is 351 Å². The van der Waals surface area contributed by atoms with Gasteiger partial charge < -0.3 is 15.1 Å². The Morgan fingerprint density at radius 1 is 0.322 bits per heavy atom. The van der Waals surface area contributed by atoms with Crippen molar-refractivity contribution in [1.82, 2.24) is 0 Å². The molecule has 0 saturated carbocycles. The highest BCUT2D eigenvalue weighted by molar-refractivity contribution is 5.93. The van der Waals surface area contributed by atoms with Gasteiger partial charge in [-0.25, -0.2) is 0 Å². The minimum atomic E-state index is 0.0653. The molecular formula is C56H53N3. The van der Waals surface area contributed by atoms with E-state index in [-0.39, 0.29) is 10.8 Å². The number of hydrogen-bond donors (Lipinski definition) is 1. The van der Waals surface area contributed by atoms with E-state index in [0.717, 1.165) is 56.6 Å². The van der Waals surface area contributed by atoms with Crippen molar-refractivity contribution in [2.24, 2.45) is 0 Å². The third-order valence-corrected chi connectivity index (χ3v) is 10.9. The van der Waals surface area contributed by atoms with Crippen molar-refractivity contribution in [1.29, 1.82) is 0 Å². The molecule has 0 aliphatic carbocycles. The van der Waals surface area contributed by atoms with Crippen LogP contribution in [0.15, 0.2) is 206 Å². The Morgan fingerprint density at radius 2 is 0.678 bits per heavy atom. The third-order valence-electron chi connectivity index (χ3n) is 10.9. The molecule has 0 atom stereocenters. The minimum absolute atomic E-state index is 0.0653. The van der Waals surface area contributed by atoms with Crippen molar-refractivity contribution >= 4 is 45.5 Å². The second kappa shape index (κ2) is 16.6. The van der Waals surface area contributed by atoms with E-state index in [1.54, 1.807) is 0 Å². The molecule has 8 rings (SSSR count). The zero-order chi connectivity index (χ0) is 41.0. The molecule has 0 aliphatic rings. The van der Waals surface area contributed by atoms with Gasteiger partial charge in [0.2, 0.25) is 0 Å². The standard InChI is InChI=1S/C56H53N3/c1-55(2,3)43-34-30-41(31-35-43)51-26-16-18-28-53(51)58(47-22-12-8-13-23-47)49-38-46(57-45-20-10-7-11-21-45)39-50(40-49)59(48-24-14-9-15-25-48)54-29-19-17-27-52(54)42-32-36-44(37-33-42)56(4,5)6/h7-40,57H,1-6H3. The Hall–Kier alpha value is -6.84. The summed E-state index contributed by atoms with van der Waals surface area (Å²) in [6.45, 7) is 13.6. The first-order chi connectivity index (χ1) is 28.5. The van der Waals surface area contributed by atoms with Gasteiger partial charge in [0, 0.05) is 33.9 Å². The van der Waals surface area contributed by atoms with Gasteiger partial charge >= 0.3 is 0 Å². The molecule has 0 aliphatic heterocycles.